The van der Waals surface area contributed by atoms with Gasteiger partial charge in [-0.1, -0.05) is 30.3 Å². The Morgan fingerprint density at radius 1 is 1.28 bits per heavy atom. The van der Waals surface area contributed by atoms with Gasteiger partial charge in [0.15, 0.2) is 0 Å². The number of nitrogens with zero attached hydrogens (tertiary/aromatic N) is 2. The number of hydrogen-bond donors (Lipinski definition) is 1. The van der Waals surface area contributed by atoms with Crippen LogP contribution in [0.25, 0.3) is 0 Å². The zero-order chi connectivity index (χ0) is 12.8. The zero-order valence-corrected chi connectivity index (χ0v) is 10.2. The molecule has 0 unspecified atom stereocenters. The second kappa shape index (κ2) is 5.82. The highest BCUT2D eigenvalue weighted by atomic mass is 16.5. The Morgan fingerprint density at radius 3 is 2.78 bits per heavy atom. The standard InChI is InChI=1S/C14H15N3O/c1-18-13-9-11(7-8-16-13)10-17-14(15)12-5-3-2-4-6-12/h2-9H,10H2,1H3,(H2,15,17). The number of pyridine rings is 1. The van der Waals surface area contributed by atoms with Crippen LogP contribution in [0.2, 0.25) is 0 Å². The minimum Gasteiger partial charge on any atom is -0.481 e. The van der Waals surface area contributed by atoms with Gasteiger partial charge in [0.05, 0.1) is 13.7 Å². The second-order valence-electron chi connectivity index (χ2n) is 3.77. The van der Waals surface area contributed by atoms with Gasteiger partial charge in [-0.05, 0) is 11.6 Å². The summed E-state index contributed by atoms with van der Waals surface area (Å²) < 4.78 is 5.06. The third-order valence-electron chi connectivity index (χ3n) is 2.51. The molecule has 0 amide bonds. The predicted molar refractivity (Wildman–Crippen MR) is 71.7 cm³/mol. The molecular weight excluding hydrogens is 226 g/mol. The van der Waals surface area contributed by atoms with E-state index in [-0.39, 0.29) is 0 Å². The van der Waals surface area contributed by atoms with E-state index in [0.717, 1.165) is 11.1 Å². The lowest BCUT2D eigenvalue weighted by Crippen LogP contribution is -2.13. The topological polar surface area (TPSA) is 60.5 Å². The molecule has 0 atom stereocenters. The van der Waals surface area contributed by atoms with Gasteiger partial charge in [-0.15, -0.1) is 0 Å². The molecule has 0 saturated heterocycles. The summed E-state index contributed by atoms with van der Waals surface area (Å²) in [5, 5.41) is 0. The number of amidine groups is 1. The number of aromatic nitrogens is 1. The summed E-state index contributed by atoms with van der Waals surface area (Å²) >= 11 is 0. The van der Waals surface area contributed by atoms with Gasteiger partial charge in [0, 0.05) is 17.8 Å². The van der Waals surface area contributed by atoms with Gasteiger partial charge in [0.25, 0.3) is 0 Å². The van der Waals surface area contributed by atoms with Gasteiger partial charge in [0.2, 0.25) is 5.88 Å². The maximum Gasteiger partial charge on any atom is 0.213 e. The van der Waals surface area contributed by atoms with E-state index in [2.05, 4.69) is 9.98 Å². The van der Waals surface area contributed by atoms with Crippen LogP contribution >= 0.6 is 0 Å². The van der Waals surface area contributed by atoms with Crippen LogP contribution in [0, 0.1) is 0 Å². The van der Waals surface area contributed by atoms with Crippen LogP contribution in [0.3, 0.4) is 0 Å². The van der Waals surface area contributed by atoms with Crippen molar-refractivity contribution in [1.29, 1.82) is 0 Å². The Kier molecular flexibility index (Phi) is 3.91. The highest BCUT2D eigenvalue weighted by Crippen LogP contribution is 2.09. The van der Waals surface area contributed by atoms with Gasteiger partial charge in [0.1, 0.15) is 5.84 Å². The van der Waals surface area contributed by atoms with Crippen LogP contribution in [0.5, 0.6) is 5.88 Å². The minimum atomic E-state index is 0.513. The summed E-state index contributed by atoms with van der Waals surface area (Å²) in [7, 11) is 1.59. The van der Waals surface area contributed by atoms with Crippen LogP contribution in [0.1, 0.15) is 11.1 Å². The Morgan fingerprint density at radius 2 is 2.06 bits per heavy atom. The lowest BCUT2D eigenvalue weighted by molar-refractivity contribution is 0.397. The summed E-state index contributed by atoms with van der Waals surface area (Å²) in [6.07, 6.45) is 1.70. The molecule has 0 radical (unpaired) electrons. The second-order valence-corrected chi connectivity index (χ2v) is 3.77. The summed E-state index contributed by atoms with van der Waals surface area (Å²) in [5.74, 6) is 1.12. The first-order valence-electron chi connectivity index (χ1n) is 5.64. The quantitative estimate of drug-likeness (QED) is 0.658. The summed E-state index contributed by atoms with van der Waals surface area (Å²) in [6, 6.07) is 13.4. The van der Waals surface area contributed by atoms with Crippen molar-refractivity contribution < 1.29 is 4.74 Å². The zero-order valence-electron chi connectivity index (χ0n) is 10.2. The van der Waals surface area contributed by atoms with Crippen molar-refractivity contribution in [2.45, 2.75) is 6.54 Å². The number of hydrogen-bond acceptors (Lipinski definition) is 3. The number of methoxy groups -OCH3 is 1. The molecule has 2 aromatic rings. The van der Waals surface area contributed by atoms with E-state index >= 15 is 0 Å². The first-order valence-corrected chi connectivity index (χ1v) is 5.64. The third kappa shape index (κ3) is 3.07. The Labute approximate surface area is 106 Å². The van der Waals surface area contributed by atoms with E-state index in [1.165, 1.54) is 0 Å². The first-order chi connectivity index (χ1) is 8.79. The number of nitrogens with two attached hydrogens (primary N) is 1. The molecule has 0 spiro atoms. The summed E-state index contributed by atoms with van der Waals surface area (Å²) in [4.78, 5) is 8.39. The van der Waals surface area contributed by atoms with Gasteiger partial charge in [-0.2, -0.15) is 0 Å². The van der Waals surface area contributed by atoms with Crippen LogP contribution in [0.15, 0.2) is 53.7 Å². The Hall–Kier alpha value is -2.36. The lowest BCUT2D eigenvalue weighted by Gasteiger charge is -2.03. The third-order valence-corrected chi connectivity index (χ3v) is 2.51. The Bertz CT molecular complexity index is 538. The highest BCUT2D eigenvalue weighted by Gasteiger charge is 1.98. The van der Waals surface area contributed by atoms with E-state index < -0.39 is 0 Å². The molecule has 2 rings (SSSR count). The van der Waals surface area contributed by atoms with Crippen LogP contribution in [0.4, 0.5) is 0 Å². The van der Waals surface area contributed by atoms with E-state index in [1.54, 1.807) is 13.3 Å². The first kappa shape index (κ1) is 12.1. The van der Waals surface area contributed by atoms with Gasteiger partial charge in [-0.3, -0.25) is 4.99 Å². The molecule has 1 heterocycles. The monoisotopic (exact) mass is 241 g/mol. The minimum absolute atomic E-state index is 0.513. The van der Waals surface area contributed by atoms with E-state index in [9.17, 15) is 0 Å². The fraction of sp³-hybridized carbons (Fsp3) is 0.143. The smallest absolute Gasteiger partial charge is 0.213 e. The largest absolute Gasteiger partial charge is 0.481 e. The molecule has 0 aliphatic carbocycles. The van der Waals surface area contributed by atoms with Crippen molar-refractivity contribution in [2.75, 3.05) is 7.11 Å². The number of benzene rings is 1. The molecule has 0 bridgehead atoms. The lowest BCUT2D eigenvalue weighted by atomic mass is 10.2. The normalized spacial score (nSPS) is 11.3. The van der Waals surface area contributed by atoms with Crippen molar-refractivity contribution in [3.63, 3.8) is 0 Å². The molecule has 2 N–H and O–H groups in total. The van der Waals surface area contributed by atoms with Crippen LogP contribution in [-0.2, 0) is 6.54 Å². The van der Waals surface area contributed by atoms with E-state index in [0.29, 0.717) is 18.3 Å². The molecule has 1 aromatic carbocycles. The fourth-order valence-electron chi connectivity index (χ4n) is 1.54. The van der Waals surface area contributed by atoms with Crippen molar-refractivity contribution in [2.24, 2.45) is 10.7 Å². The van der Waals surface area contributed by atoms with Crippen molar-refractivity contribution in [3.05, 3.63) is 59.8 Å². The molecule has 0 aliphatic heterocycles. The summed E-state index contributed by atoms with van der Waals surface area (Å²) in [5.41, 5.74) is 7.86. The SMILES string of the molecule is COc1cc(CN=C(N)c2ccccc2)ccn1. The average Bonchev–Trinajstić information content (AvgIpc) is 2.46. The molecule has 18 heavy (non-hydrogen) atoms. The van der Waals surface area contributed by atoms with E-state index in [1.807, 2.05) is 42.5 Å². The molecule has 92 valence electrons. The maximum absolute atomic E-state index is 5.92. The van der Waals surface area contributed by atoms with E-state index in [4.69, 9.17) is 10.5 Å². The van der Waals surface area contributed by atoms with Crippen molar-refractivity contribution in [3.8, 4) is 5.88 Å². The number of aliphatic imine (C=N–C) groups is 1. The van der Waals surface area contributed by atoms with Crippen LogP contribution in [-0.4, -0.2) is 17.9 Å². The molecule has 4 heteroatoms. The molecule has 4 nitrogen and oxygen atoms in total. The van der Waals surface area contributed by atoms with Crippen molar-refractivity contribution >= 4 is 5.84 Å². The Balaban J connectivity index is 2.10. The van der Waals surface area contributed by atoms with Crippen LogP contribution < -0.4 is 10.5 Å². The molecule has 0 aliphatic rings. The fourth-order valence-corrected chi connectivity index (χ4v) is 1.54. The predicted octanol–water partition coefficient (Wildman–Crippen LogP) is 2.00. The molecule has 0 fully saturated rings. The number of ether oxygens (including phenoxy) is 1. The van der Waals surface area contributed by atoms with Crippen molar-refractivity contribution in [1.82, 2.24) is 4.98 Å². The van der Waals surface area contributed by atoms with Gasteiger partial charge in [-0.25, -0.2) is 4.98 Å². The average molecular weight is 241 g/mol. The van der Waals surface area contributed by atoms with Gasteiger partial charge >= 0.3 is 0 Å². The summed E-state index contributed by atoms with van der Waals surface area (Å²) in [6.45, 7) is 0.513. The molecular formula is C14H15N3O. The van der Waals surface area contributed by atoms with Gasteiger partial charge < -0.3 is 10.5 Å². The molecule has 0 saturated carbocycles. The maximum atomic E-state index is 5.92. The number of rotatable bonds is 4. The molecule has 1 aromatic heterocycles. The highest BCUT2D eigenvalue weighted by molar-refractivity contribution is 5.97.